The zero-order chi connectivity index (χ0) is 25.3. The van der Waals surface area contributed by atoms with E-state index in [1.54, 1.807) is 24.3 Å². The Bertz CT molecular complexity index is 1000. The number of thioether (sulfide) groups is 1. The number of ether oxygens (including phenoxy) is 1. The molecule has 1 unspecified atom stereocenters. The number of carbonyl (C=O) groups is 2. The lowest BCUT2D eigenvalue weighted by Crippen LogP contribution is -2.39. The molecule has 2 amide bonds. The molecule has 9 nitrogen and oxygen atoms in total. The van der Waals surface area contributed by atoms with Crippen LogP contribution in [0.2, 0.25) is 0 Å². The van der Waals surface area contributed by atoms with Crippen molar-refractivity contribution in [3.05, 3.63) is 24.3 Å². The van der Waals surface area contributed by atoms with E-state index >= 15 is 0 Å². The van der Waals surface area contributed by atoms with E-state index in [9.17, 15) is 18.0 Å². The second-order valence-electron chi connectivity index (χ2n) is 9.03. The Balaban J connectivity index is 1.61. The number of carbonyl (C=O) groups excluding carboxylic acids is 2. The van der Waals surface area contributed by atoms with Gasteiger partial charge in [0, 0.05) is 23.9 Å². The van der Waals surface area contributed by atoms with Crippen LogP contribution in [0, 0.1) is 23.2 Å². The van der Waals surface area contributed by atoms with E-state index < -0.39 is 26.9 Å². The minimum absolute atomic E-state index is 0.0767. The molecule has 3 rings (SSSR count). The third-order valence-electron chi connectivity index (χ3n) is 6.61. The van der Waals surface area contributed by atoms with Gasteiger partial charge in [0.1, 0.15) is 6.54 Å². The van der Waals surface area contributed by atoms with E-state index in [-0.39, 0.29) is 29.0 Å². The number of nitrogens with two attached hydrogens (primary N) is 1. The highest BCUT2D eigenvalue weighted by Gasteiger charge is 2.34. The molecule has 1 aliphatic carbocycles. The van der Waals surface area contributed by atoms with Gasteiger partial charge in [-0.15, -0.1) is 11.8 Å². The Kier molecular flexibility index (Phi) is 10.4. The maximum absolute atomic E-state index is 13.1. The van der Waals surface area contributed by atoms with Crippen LogP contribution >= 0.6 is 11.8 Å². The lowest BCUT2D eigenvalue weighted by molar-refractivity contribution is -0.127. The highest BCUT2D eigenvalue weighted by atomic mass is 32.2. The fourth-order valence-corrected chi connectivity index (χ4v) is 7.33. The predicted octanol–water partition coefficient (Wildman–Crippen LogP) is 1.57. The fourth-order valence-electron chi connectivity index (χ4n) is 4.66. The number of rotatable bonds is 11. The van der Waals surface area contributed by atoms with Crippen molar-refractivity contribution in [1.82, 2.24) is 10.2 Å². The minimum atomic E-state index is -3.60. The van der Waals surface area contributed by atoms with Crippen molar-refractivity contribution in [3.63, 3.8) is 0 Å². The molecular weight excluding hydrogens is 488 g/mol. The highest BCUT2D eigenvalue weighted by molar-refractivity contribution is 8.00. The van der Waals surface area contributed by atoms with Crippen LogP contribution < -0.4 is 11.1 Å². The van der Waals surface area contributed by atoms with Crippen LogP contribution in [-0.2, 0) is 24.2 Å². The van der Waals surface area contributed by atoms with Gasteiger partial charge in [-0.25, -0.2) is 8.42 Å². The number of nitrogens with zero attached hydrogens (tertiary/aromatic N) is 2. The van der Waals surface area contributed by atoms with Crippen LogP contribution in [0.1, 0.15) is 32.1 Å². The molecule has 35 heavy (non-hydrogen) atoms. The molecule has 1 saturated heterocycles. The Morgan fingerprint density at radius 1 is 1.20 bits per heavy atom. The summed E-state index contributed by atoms with van der Waals surface area (Å²) in [5.41, 5.74) is 5.62. The van der Waals surface area contributed by atoms with E-state index in [0.29, 0.717) is 32.5 Å². The molecule has 0 aromatic heterocycles. The lowest BCUT2D eigenvalue weighted by Gasteiger charge is -2.30. The monoisotopic (exact) mass is 522 g/mol. The van der Waals surface area contributed by atoms with Crippen molar-refractivity contribution in [2.75, 3.05) is 45.1 Å². The van der Waals surface area contributed by atoms with E-state index in [0.717, 1.165) is 37.4 Å². The highest BCUT2D eigenvalue weighted by Crippen LogP contribution is 2.33. The quantitative estimate of drug-likeness (QED) is 0.329. The van der Waals surface area contributed by atoms with Crippen LogP contribution in [0.15, 0.2) is 34.1 Å². The number of nitrogens with one attached hydrogen (secondary N) is 1. The van der Waals surface area contributed by atoms with E-state index in [2.05, 4.69) is 10.2 Å². The predicted molar refractivity (Wildman–Crippen MR) is 133 cm³/mol. The van der Waals surface area contributed by atoms with Gasteiger partial charge in [-0.1, -0.05) is 12.8 Å². The minimum Gasteiger partial charge on any atom is -0.379 e. The molecule has 1 aromatic carbocycles. The summed E-state index contributed by atoms with van der Waals surface area (Å²) >= 11 is 1.35. The first-order valence-electron chi connectivity index (χ1n) is 12.0. The lowest BCUT2D eigenvalue weighted by atomic mass is 9.80. The van der Waals surface area contributed by atoms with Gasteiger partial charge in [0.05, 0.1) is 35.2 Å². The molecule has 0 spiro atoms. The Morgan fingerprint density at radius 3 is 2.54 bits per heavy atom. The van der Waals surface area contributed by atoms with E-state index in [4.69, 9.17) is 15.7 Å². The largest absolute Gasteiger partial charge is 0.379 e. The van der Waals surface area contributed by atoms with Crippen molar-refractivity contribution in [2.45, 2.75) is 47.1 Å². The summed E-state index contributed by atoms with van der Waals surface area (Å²) in [7, 11) is -3.60. The molecule has 3 N–H and O–H groups in total. The Labute approximate surface area is 211 Å². The Morgan fingerprint density at radius 2 is 1.89 bits per heavy atom. The molecule has 1 heterocycles. The summed E-state index contributed by atoms with van der Waals surface area (Å²) in [6.45, 7) is 3.73. The number of primary amides is 1. The van der Waals surface area contributed by atoms with Gasteiger partial charge in [0.25, 0.3) is 0 Å². The second kappa shape index (κ2) is 13.3. The van der Waals surface area contributed by atoms with Gasteiger partial charge in [0.2, 0.25) is 11.8 Å². The van der Waals surface area contributed by atoms with Crippen LogP contribution in [0.3, 0.4) is 0 Å². The summed E-state index contributed by atoms with van der Waals surface area (Å²) in [6, 6.07) is 8.43. The molecule has 2 aliphatic rings. The number of hydrogen-bond donors (Lipinski definition) is 2. The molecular formula is C24H34N4O5S2. The number of amides is 2. The zero-order valence-electron chi connectivity index (χ0n) is 19.9. The number of benzene rings is 1. The molecule has 1 aromatic rings. The van der Waals surface area contributed by atoms with Gasteiger partial charge in [-0.05, 0) is 56.0 Å². The van der Waals surface area contributed by atoms with Crippen LogP contribution in [0.4, 0.5) is 0 Å². The van der Waals surface area contributed by atoms with Crippen molar-refractivity contribution >= 4 is 33.4 Å². The van der Waals surface area contributed by atoms with Gasteiger partial charge >= 0.3 is 0 Å². The molecule has 1 aliphatic heterocycles. The number of hydrogen-bond acceptors (Lipinski definition) is 8. The standard InChI is InChI=1S/C24H34N4O5S2/c25-10-11-27-24(30)21-4-2-1-3-18(21)17-35(31,32)20-7-5-19(6-8-20)34-22(23(26)29)9-12-28-13-15-33-16-14-28/h5-8,18,21-22H,1-4,9,11-17H2,(H2,26,29)(H,27,30)/t18-,21+,22?/m1/s1. The molecule has 0 bridgehead atoms. The normalized spacial score (nSPS) is 22.1. The number of morpholine rings is 1. The smallest absolute Gasteiger partial charge is 0.230 e. The van der Waals surface area contributed by atoms with Gasteiger partial charge in [-0.3, -0.25) is 14.5 Å². The van der Waals surface area contributed by atoms with Gasteiger partial charge in [0.15, 0.2) is 9.84 Å². The average Bonchev–Trinajstić information content (AvgIpc) is 2.86. The van der Waals surface area contributed by atoms with Crippen molar-refractivity contribution in [3.8, 4) is 6.07 Å². The van der Waals surface area contributed by atoms with Crippen molar-refractivity contribution < 1.29 is 22.7 Å². The first-order valence-corrected chi connectivity index (χ1v) is 14.6. The van der Waals surface area contributed by atoms with Crippen LogP contribution in [0.5, 0.6) is 0 Å². The third kappa shape index (κ3) is 8.20. The second-order valence-corrected chi connectivity index (χ2v) is 12.3. The first-order chi connectivity index (χ1) is 16.8. The summed E-state index contributed by atoms with van der Waals surface area (Å²) in [6.07, 6.45) is 3.67. The summed E-state index contributed by atoms with van der Waals surface area (Å²) in [5.74, 6) is -1.41. The molecule has 11 heteroatoms. The molecule has 0 radical (unpaired) electrons. The van der Waals surface area contributed by atoms with Gasteiger partial charge < -0.3 is 15.8 Å². The van der Waals surface area contributed by atoms with E-state index in [1.807, 2.05) is 6.07 Å². The maximum atomic E-state index is 13.1. The maximum Gasteiger partial charge on any atom is 0.230 e. The first kappa shape index (κ1) is 27.5. The van der Waals surface area contributed by atoms with Crippen LogP contribution in [-0.4, -0.2) is 75.5 Å². The van der Waals surface area contributed by atoms with Crippen molar-refractivity contribution in [2.24, 2.45) is 17.6 Å². The van der Waals surface area contributed by atoms with Crippen molar-refractivity contribution in [1.29, 1.82) is 5.26 Å². The molecule has 192 valence electrons. The molecule has 2 fully saturated rings. The number of sulfone groups is 1. The third-order valence-corrected chi connectivity index (χ3v) is 9.77. The van der Waals surface area contributed by atoms with Crippen LogP contribution in [0.25, 0.3) is 0 Å². The molecule has 1 saturated carbocycles. The fraction of sp³-hybridized carbons (Fsp3) is 0.625. The summed E-state index contributed by atoms with van der Waals surface area (Å²) < 4.78 is 31.6. The SMILES string of the molecule is N#CCNC(=O)[C@H]1CCCC[C@@H]1CS(=O)(=O)c1ccc(SC(CCN2CCOCC2)C(N)=O)cc1. The molecule has 3 atom stereocenters. The summed E-state index contributed by atoms with van der Waals surface area (Å²) in [4.78, 5) is 27.7. The zero-order valence-corrected chi connectivity index (χ0v) is 21.5. The Hall–Kier alpha value is -2.13. The average molecular weight is 523 g/mol. The topological polar surface area (TPSA) is 143 Å². The van der Waals surface area contributed by atoms with Gasteiger partial charge in [-0.2, -0.15) is 5.26 Å². The van der Waals surface area contributed by atoms with E-state index in [1.165, 1.54) is 11.8 Å². The number of nitriles is 1. The summed E-state index contributed by atoms with van der Waals surface area (Å²) in [5, 5.41) is 10.9.